The van der Waals surface area contributed by atoms with Crippen LogP contribution in [0.4, 0.5) is 9.18 Å². The molecule has 2 amide bonds. The van der Waals surface area contributed by atoms with Crippen LogP contribution in [-0.2, 0) is 11.3 Å². The summed E-state index contributed by atoms with van der Waals surface area (Å²) in [6.45, 7) is 5.25. The van der Waals surface area contributed by atoms with Crippen LogP contribution in [0.3, 0.4) is 0 Å². The molecule has 0 N–H and O–H groups in total. The van der Waals surface area contributed by atoms with Gasteiger partial charge in [-0.3, -0.25) is 4.79 Å². The molecule has 19 heavy (non-hydrogen) atoms. The summed E-state index contributed by atoms with van der Waals surface area (Å²) in [4.78, 5) is 24.9. The smallest absolute Gasteiger partial charge is 0.417 e. The van der Waals surface area contributed by atoms with E-state index in [-0.39, 0.29) is 16.6 Å². The Morgan fingerprint density at radius 1 is 1.42 bits per heavy atom. The minimum Gasteiger partial charge on any atom is -0.443 e. The maximum Gasteiger partial charge on any atom is 0.417 e. The Labute approximate surface area is 118 Å². The molecule has 0 aliphatic carbocycles. The highest BCUT2D eigenvalue weighted by Crippen LogP contribution is 2.29. The zero-order valence-corrected chi connectivity index (χ0v) is 12.4. The van der Waals surface area contributed by atoms with Crippen LogP contribution in [-0.4, -0.2) is 22.5 Å². The lowest BCUT2D eigenvalue weighted by Crippen LogP contribution is -2.36. The number of carbonyl (C=O) groups excluding carboxylic acids is 2. The molecule has 0 atom stereocenters. The Morgan fingerprint density at radius 3 is 2.63 bits per heavy atom. The number of ether oxygens (including phenoxy) is 1. The summed E-state index contributed by atoms with van der Waals surface area (Å²) in [6.07, 6.45) is -0.717. The van der Waals surface area contributed by atoms with Crippen LogP contribution < -0.4 is 0 Å². The predicted octanol–water partition coefficient (Wildman–Crippen LogP) is 3.48. The minimum absolute atomic E-state index is 0.0992. The van der Waals surface area contributed by atoms with Gasteiger partial charge in [-0.2, -0.15) is 0 Å². The van der Waals surface area contributed by atoms with E-state index in [1.165, 1.54) is 6.07 Å². The molecule has 0 spiro atoms. The third-order valence-electron chi connectivity index (χ3n) is 2.56. The van der Waals surface area contributed by atoms with Crippen LogP contribution in [0.15, 0.2) is 16.6 Å². The Bertz CT molecular complexity index is 566. The lowest BCUT2D eigenvalue weighted by Gasteiger charge is -2.23. The number of rotatable bonds is 0. The Balaban J connectivity index is 2.26. The normalized spacial score (nSPS) is 14.6. The minimum atomic E-state index is -0.717. The van der Waals surface area contributed by atoms with Crippen LogP contribution in [0.1, 0.15) is 36.7 Å². The molecule has 6 heteroatoms. The molecular weight excluding hydrogens is 317 g/mol. The van der Waals surface area contributed by atoms with Gasteiger partial charge in [-0.15, -0.1) is 0 Å². The van der Waals surface area contributed by atoms with Crippen molar-refractivity contribution in [2.75, 3.05) is 0 Å². The molecule has 1 aliphatic heterocycles. The standard InChI is InChI=1S/C13H13BrFNO3/c1-13(2,3)19-12(18)16-6-7-4-9(14)10(15)5-8(7)11(16)17/h4-5H,6H2,1-3H3. The number of nitrogens with zero attached hydrogens (tertiary/aromatic N) is 1. The lowest BCUT2D eigenvalue weighted by atomic mass is 10.1. The summed E-state index contributed by atoms with van der Waals surface area (Å²) in [7, 11) is 0. The number of amides is 2. The van der Waals surface area contributed by atoms with Crippen LogP contribution in [0.2, 0.25) is 0 Å². The highest BCUT2D eigenvalue weighted by atomic mass is 79.9. The molecule has 0 radical (unpaired) electrons. The molecule has 0 aromatic heterocycles. The highest BCUT2D eigenvalue weighted by molar-refractivity contribution is 9.10. The number of hydrogen-bond acceptors (Lipinski definition) is 3. The van der Waals surface area contributed by atoms with E-state index in [1.54, 1.807) is 20.8 Å². The molecule has 0 fully saturated rings. The van der Waals surface area contributed by atoms with Gasteiger partial charge in [0.25, 0.3) is 5.91 Å². The predicted molar refractivity (Wildman–Crippen MR) is 70.2 cm³/mol. The summed E-state index contributed by atoms with van der Waals surface area (Å²) in [6, 6.07) is 2.64. The van der Waals surface area contributed by atoms with Gasteiger partial charge >= 0.3 is 6.09 Å². The number of carbonyl (C=O) groups is 2. The van der Waals surface area contributed by atoms with Crippen LogP contribution in [0.5, 0.6) is 0 Å². The summed E-state index contributed by atoms with van der Waals surface area (Å²) >= 11 is 3.05. The van der Waals surface area contributed by atoms with E-state index >= 15 is 0 Å². The third-order valence-corrected chi connectivity index (χ3v) is 3.17. The van der Waals surface area contributed by atoms with Crippen LogP contribution in [0, 0.1) is 5.82 Å². The van der Waals surface area contributed by atoms with Gasteiger partial charge in [-0.25, -0.2) is 14.1 Å². The van der Waals surface area contributed by atoms with E-state index in [9.17, 15) is 14.0 Å². The van der Waals surface area contributed by atoms with Crippen LogP contribution >= 0.6 is 15.9 Å². The topological polar surface area (TPSA) is 46.6 Å². The summed E-state index contributed by atoms with van der Waals surface area (Å²) in [5.74, 6) is -1.06. The summed E-state index contributed by atoms with van der Waals surface area (Å²) in [5.41, 5.74) is 0.119. The second-order valence-electron chi connectivity index (χ2n) is 5.30. The molecule has 1 aromatic carbocycles. The first-order valence-corrected chi connectivity index (χ1v) is 6.51. The monoisotopic (exact) mass is 329 g/mol. The number of benzene rings is 1. The van der Waals surface area contributed by atoms with Crippen molar-refractivity contribution >= 4 is 27.9 Å². The Morgan fingerprint density at radius 2 is 2.05 bits per heavy atom. The second kappa shape index (κ2) is 4.59. The summed E-state index contributed by atoms with van der Waals surface area (Å²) in [5, 5.41) is 0. The van der Waals surface area contributed by atoms with E-state index in [1.807, 2.05) is 0 Å². The quantitative estimate of drug-likeness (QED) is 0.732. The Hall–Kier alpha value is -1.43. The van der Waals surface area contributed by atoms with Crippen molar-refractivity contribution in [3.63, 3.8) is 0 Å². The van der Waals surface area contributed by atoms with E-state index in [0.717, 1.165) is 11.0 Å². The van der Waals surface area contributed by atoms with Crippen molar-refractivity contribution in [1.82, 2.24) is 4.90 Å². The van der Waals surface area contributed by atoms with E-state index in [0.29, 0.717) is 5.56 Å². The molecule has 0 unspecified atom stereocenters. The molecule has 0 saturated carbocycles. The van der Waals surface area contributed by atoms with Gasteiger partial charge in [-0.1, -0.05) is 0 Å². The highest BCUT2D eigenvalue weighted by Gasteiger charge is 2.35. The molecule has 1 aliphatic rings. The zero-order chi connectivity index (χ0) is 14.4. The number of hydrogen-bond donors (Lipinski definition) is 0. The molecular formula is C13H13BrFNO3. The average molecular weight is 330 g/mol. The molecule has 1 heterocycles. The van der Waals surface area contributed by atoms with Gasteiger partial charge < -0.3 is 4.74 Å². The molecule has 0 saturated heterocycles. The maximum absolute atomic E-state index is 13.4. The van der Waals surface area contributed by atoms with E-state index in [4.69, 9.17) is 4.74 Å². The average Bonchev–Trinajstić information content (AvgIpc) is 2.55. The molecule has 0 bridgehead atoms. The maximum atomic E-state index is 13.4. The van der Waals surface area contributed by atoms with Gasteiger partial charge in [0.05, 0.1) is 11.0 Å². The number of halogens is 2. The molecule has 1 aromatic rings. The first-order chi connectivity index (χ1) is 8.69. The van der Waals surface area contributed by atoms with Crippen molar-refractivity contribution in [3.05, 3.63) is 33.5 Å². The van der Waals surface area contributed by atoms with Crippen molar-refractivity contribution in [2.45, 2.75) is 32.9 Å². The fraction of sp³-hybridized carbons (Fsp3) is 0.385. The molecule has 4 nitrogen and oxygen atoms in total. The van der Waals surface area contributed by atoms with Gasteiger partial charge in [0.1, 0.15) is 11.4 Å². The SMILES string of the molecule is CC(C)(C)OC(=O)N1Cc2cc(Br)c(F)cc2C1=O. The largest absolute Gasteiger partial charge is 0.443 e. The number of fused-ring (bicyclic) bond motifs is 1. The number of imide groups is 1. The molecule has 102 valence electrons. The van der Waals surface area contributed by atoms with Crippen molar-refractivity contribution < 1.29 is 18.7 Å². The van der Waals surface area contributed by atoms with Gasteiger partial charge in [-0.05, 0) is 54.4 Å². The van der Waals surface area contributed by atoms with Crippen molar-refractivity contribution in [2.24, 2.45) is 0 Å². The van der Waals surface area contributed by atoms with Gasteiger partial charge in [0.15, 0.2) is 0 Å². The first-order valence-electron chi connectivity index (χ1n) is 5.72. The van der Waals surface area contributed by atoms with E-state index in [2.05, 4.69) is 15.9 Å². The lowest BCUT2D eigenvalue weighted by molar-refractivity contribution is 0.0248. The van der Waals surface area contributed by atoms with E-state index < -0.39 is 23.4 Å². The van der Waals surface area contributed by atoms with Gasteiger partial charge in [0, 0.05) is 5.56 Å². The van der Waals surface area contributed by atoms with Crippen molar-refractivity contribution in [3.8, 4) is 0 Å². The van der Waals surface area contributed by atoms with Crippen molar-refractivity contribution in [1.29, 1.82) is 0 Å². The van der Waals surface area contributed by atoms with Crippen LogP contribution in [0.25, 0.3) is 0 Å². The third kappa shape index (κ3) is 2.78. The zero-order valence-electron chi connectivity index (χ0n) is 10.8. The fourth-order valence-corrected chi connectivity index (χ4v) is 2.16. The van der Waals surface area contributed by atoms with Gasteiger partial charge in [0.2, 0.25) is 0 Å². The Kier molecular flexibility index (Phi) is 3.38. The second-order valence-corrected chi connectivity index (χ2v) is 6.15. The first kappa shape index (κ1) is 14.0. The fourth-order valence-electron chi connectivity index (χ4n) is 1.77. The molecule has 2 rings (SSSR count). The summed E-state index contributed by atoms with van der Waals surface area (Å²) < 4.78 is 18.8.